The monoisotopic (exact) mass is 517 g/mol. The Balaban J connectivity index is 0.00000150. The first-order chi connectivity index (χ1) is 12.4. The van der Waals surface area contributed by atoms with Crippen LogP contribution in [0.4, 0.5) is 0 Å². The van der Waals surface area contributed by atoms with Gasteiger partial charge in [-0.2, -0.15) is 0 Å². The number of fused-ring (bicyclic) bond motifs is 5. The third-order valence-corrected chi connectivity index (χ3v) is 6.16. The molecule has 0 unspecified atom stereocenters. The summed E-state index contributed by atoms with van der Waals surface area (Å²) < 4.78 is 5.92. The van der Waals surface area contributed by atoms with Crippen molar-refractivity contribution in [3.05, 3.63) is 65.9 Å². The Hall–Kier alpha value is -1.96. The normalized spacial score (nSPS) is 20.9. The summed E-state index contributed by atoms with van der Waals surface area (Å²) in [6.07, 6.45) is 7.51. The molecule has 7 rings (SSSR count). The molecule has 1 radical (unpaired) electrons. The zero-order valence-electron chi connectivity index (χ0n) is 14.3. The van der Waals surface area contributed by atoms with Crippen molar-refractivity contribution in [2.45, 2.75) is 37.5 Å². The molecule has 0 N–H and O–H groups in total. The molecule has 3 aliphatic rings. The van der Waals surface area contributed by atoms with E-state index < -0.39 is 0 Å². The van der Waals surface area contributed by atoms with Gasteiger partial charge in [0.25, 0.3) is 0 Å². The van der Waals surface area contributed by atoms with Gasteiger partial charge in [0.2, 0.25) is 0 Å². The Morgan fingerprint density at radius 2 is 1.65 bits per heavy atom. The van der Waals surface area contributed by atoms with E-state index in [1.165, 1.54) is 36.8 Å². The molecule has 0 saturated heterocycles. The second-order valence-corrected chi connectivity index (χ2v) is 7.47. The fourth-order valence-corrected chi connectivity index (χ4v) is 4.86. The first-order valence-electron chi connectivity index (χ1n) is 9.20. The number of furan rings is 1. The van der Waals surface area contributed by atoms with Crippen LogP contribution in [0.15, 0.2) is 53.1 Å². The molecule has 1 fully saturated rings. The fraction of sp³-hybridized carbons (Fsp3) is 0.261. The van der Waals surface area contributed by atoms with Crippen molar-refractivity contribution in [2.75, 3.05) is 0 Å². The minimum Gasteiger partial charge on any atom is -0.500 e. The molecule has 3 heteroatoms. The van der Waals surface area contributed by atoms with Gasteiger partial charge >= 0.3 is 0 Å². The topological polar surface area (TPSA) is 26.0 Å². The van der Waals surface area contributed by atoms with E-state index in [-0.39, 0.29) is 20.1 Å². The number of aromatic nitrogens is 1. The zero-order chi connectivity index (χ0) is 16.4. The minimum atomic E-state index is 0. The van der Waals surface area contributed by atoms with E-state index in [1.54, 1.807) is 0 Å². The molecule has 0 atom stereocenters. The van der Waals surface area contributed by atoms with Crippen LogP contribution < -0.4 is 0 Å². The smallest absolute Gasteiger partial charge is 0.120 e. The molecule has 4 aromatic rings. The van der Waals surface area contributed by atoms with E-state index >= 15 is 0 Å². The van der Waals surface area contributed by atoms with Gasteiger partial charge in [-0.15, -0.1) is 23.8 Å². The number of pyridine rings is 1. The summed E-state index contributed by atoms with van der Waals surface area (Å²) in [5.41, 5.74) is 6.96. The Morgan fingerprint density at radius 3 is 2.50 bits per heavy atom. The van der Waals surface area contributed by atoms with Gasteiger partial charge in [0.1, 0.15) is 5.58 Å². The van der Waals surface area contributed by atoms with E-state index in [2.05, 4.69) is 36.5 Å². The van der Waals surface area contributed by atoms with Gasteiger partial charge < -0.3 is 9.40 Å². The molecule has 3 aliphatic carbocycles. The van der Waals surface area contributed by atoms with Crippen molar-refractivity contribution in [2.24, 2.45) is 0 Å². The predicted octanol–water partition coefficient (Wildman–Crippen LogP) is 6.20. The summed E-state index contributed by atoms with van der Waals surface area (Å²) in [4.78, 5) is 4.79. The minimum absolute atomic E-state index is 0. The largest absolute Gasteiger partial charge is 0.500 e. The maximum atomic E-state index is 5.92. The summed E-state index contributed by atoms with van der Waals surface area (Å²) >= 11 is 0. The number of rotatable bonds is 1. The standard InChI is InChI=1S/C23H18NO.Ir/c1-2-4-22-17(3-1)19-11-16(9-10-23(19)25-22)21-12-18-14-5-7-15(8-6-14)20(18)13-24-21;/h1-4,10-15H,5-8H2;/q-1;. The molecule has 0 aliphatic heterocycles. The molecule has 131 valence electrons. The van der Waals surface area contributed by atoms with Crippen molar-refractivity contribution in [1.82, 2.24) is 4.98 Å². The number of benzene rings is 2. The van der Waals surface area contributed by atoms with Gasteiger partial charge in [0.05, 0.1) is 5.58 Å². The molecule has 0 spiro atoms. The third kappa shape index (κ3) is 2.31. The molecule has 2 aromatic heterocycles. The van der Waals surface area contributed by atoms with Gasteiger partial charge in [0, 0.05) is 31.7 Å². The summed E-state index contributed by atoms with van der Waals surface area (Å²) in [5.74, 6) is 1.48. The molecular weight excluding hydrogens is 498 g/mol. The van der Waals surface area contributed by atoms with Crippen LogP contribution in [-0.2, 0) is 20.1 Å². The van der Waals surface area contributed by atoms with Crippen molar-refractivity contribution >= 4 is 21.9 Å². The summed E-state index contributed by atoms with van der Waals surface area (Å²) in [7, 11) is 0. The van der Waals surface area contributed by atoms with E-state index in [4.69, 9.17) is 9.40 Å². The van der Waals surface area contributed by atoms with E-state index in [0.29, 0.717) is 0 Å². The summed E-state index contributed by atoms with van der Waals surface area (Å²) in [5, 5.41) is 2.30. The fourth-order valence-electron chi connectivity index (χ4n) is 4.86. The molecule has 2 heterocycles. The Morgan fingerprint density at radius 1 is 0.885 bits per heavy atom. The molecule has 2 aromatic carbocycles. The van der Waals surface area contributed by atoms with Crippen LogP contribution in [0.25, 0.3) is 33.2 Å². The van der Waals surface area contributed by atoms with E-state index in [1.807, 2.05) is 18.2 Å². The van der Waals surface area contributed by atoms with Crippen LogP contribution >= 0.6 is 0 Å². The maximum Gasteiger partial charge on any atom is 0.120 e. The number of nitrogens with zero attached hydrogens (tertiary/aromatic N) is 1. The first kappa shape index (κ1) is 16.2. The molecule has 2 bridgehead atoms. The third-order valence-electron chi connectivity index (χ3n) is 6.16. The molecular formula is C23H18IrNO-. The average molecular weight is 517 g/mol. The van der Waals surface area contributed by atoms with Crippen molar-refractivity contribution in [1.29, 1.82) is 0 Å². The van der Waals surface area contributed by atoms with Gasteiger partial charge in [0.15, 0.2) is 0 Å². The van der Waals surface area contributed by atoms with E-state index in [9.17, 15) is 0 Å². The van der Waals surface area contributed by atoms with Gasteiger partial charge in [-0.3, -0.25) is 0 Å². The van der Waals surface area contributed by atoms with Crippen LogP contribution in [0, 0.1) is 6.07 Å². The summed E-state index contributed by atoms with van der Waals surface area (Å²) in [6.45, 7) is 0. The molecule has 1 saturated carbocycles. The summed E-state index contributed by atoms with van der Waals surface area (Å²) in [6, 6.07) is 18.0. The molecule has 2 nitrogen and oxygen atoms in total. The van der Waals surface area contributed by atoms with Gasteiger partial charge in [-0.05, 0) is 60.4 Å². The molecule has 0 amide bonds. The van der Waals surface area contributed by atoms with Crippen LogP contribution in [0.2, 0.25) is 0 Å². The van der Waals surface area contributed by atoms with Crippen LogP contribution in [0.1, 0.15) is 48.6 Å². The van der Waals surface area contributed by atoms with Gasteiger partial charge in [-0.25, -0.2) is 0 Å². The Kier molecular flexibility index (Phi) is 3.77. The number of hydrogen-bond acceptors (Lipinski definition) is 2. The first-order valence-corrected chi connectivity index (χ1v) is 9.20. The van der Waals surface area contributed by atoms with Crippen LogP contribution in [0.5, 0.6) is 0 Å². The predicted molar refractivity (Wildman–Crippen MR) is 99.7 cm³/mol. The van der Waals surface area contributed by atoms with Crippen molar-refractivity contribution < 1.29 is 24.5 Å². The SMILES string of the molecule is [Ir].[c-]1cc2oc3ccccc3c2cc1-c1cc2c(cn1)C1CCC2CC1. The number of hydrogen-bond donors (Lipinski definition) is 0. The second-order valence-electron chi connectivity index (χ2n) is 7.47. The number of para-hydroxylation sites is 1. The second kappa shape index (κ2) is 6.04. The van der Waals surface area contributed by atoms with E-state index in [0.717, 1.165) is 45.0 Å². The Bertz CT molecular complexity index is 1120. The molecule has 26 heavy (non-hydrogen) atoms. The van der Waals surface area contributed by atoms with Crippen LogP contribution in [-0.4, -0.2) is 4.98 Å². The van der Waals surface area contributed by atoms with Crippen molar-refractivity contribution in [3.8, 4) is 11.3 Å². The Labute approximate surface area is 166 Å². The van der Waals surface area contributed by atoms with Crippen molar-refractivity contribution in [3.63, 3.8) is 0 Å². The quantitative estimate of drug-likeness (QED) is 0.282. The van der Waals surface area contributed by atoms with Gasteiger partial charge in [-0.1, -0.05) is 29.7 Å². The van der Waals surface area contributed by atoms with Crippen LogP contribution in [0.3, 0.4) is 0 Å². The zero-order valence-corrected chi connectivity index (χ0v) is 16.7. The maximum absolute atomic E-state index is 5.92. The average Bonchev–Trinajstić information content (AvgIpc) is 3.06.